The van der Waals surface area contributed by atoms with Crippen LogP contribution < -0.4 is 4.74 Å². The summed E-state index contributed by atoms with van der Waals surface area (Å²) in [5.74, 6) is 0.151. The van der Waals surface area contributed by atoms with Crippen LogP contribution in [0.2, 0.25) is 0 Å². The van der Waals surface area contributed by atoms with Crippen molar-refractivity contribution in [2.45, 2.75) is 49.9 Å². The fourth-order valence-corrected chi connectivity index (χ4v) is 3.36. The summed E-state index contributed by atoms with van der Waals surface area (Å²) < 4.78 is 24.8. The molecule has 2 aliphatic rings. The fourth-order valence-electron chi connectivity index (χ4n) is 3.36. The molecule has 0 saturated heterocycles. The van der Waals surface area contributed by atoms with E-state index in [0.29, 0.717) is 17.7 Å². The third-order valence-electron chi connectivity index (χ3n) is 4.32. The lowest BCUT2D eigenvalue weighted by atomic mass is 9.76. The minimum absolute atomic E-state index is 0.163. The number of methoxy groups -OCH3 is 1. The van der Waals surface area contributed by atoms with Crippen LogP contribution in [-0.2, 0) is 4.74 Å². The number of halogens is 1. The van der Waals surface area contributed by atoms with Crippen molar-refractivity contribution < 1.29 is 19.0 Å². The lowest BCUT2D eigenvalue weighted by molar-refractivity contribution is -0.0797. The summed E-state index contributed by atoms with van der Waals surface area (Å²) in [6.45, 7) is 0. The number of aliphatic hydroxyl groups excluding tert-OH is 1. The van der Waals surface area contributed by atoms with Crippen molar-refractivity contribution in [3.8, 4) is 5.75 Å². The minimum Gasteiger partial charge on any atom is -0.487 e. The lowest BCUT2D eigenvalue weighted by Crippen LogP contribution is -2.46. The van der Waals surface area contributed by atoms with Gasteiger partial charge in [0.05, 0.1) is 12.2 Å². The van der Waals surface area contributed by atoms with E-state index in [1.54, 1.807) is 13.2 Å². The quantitative estimate of drug-likeness (QED) is 0.849. The van der Waals surface area contributed by atoms with Crippen molar-refractivity contribution in [2.75, 3.05) is 7.11 Å². The van der Waals surface area contributed by atoms with Crippen LogP contribution in [0.3, 0.4) is 0 Å². The highest BCUT2D eigenvalue weighted by Crippen LogP contribution is 2.46. The summed E-state index contributed by atoms with van der Waals surface area (Å²) in [4.78, 5) is 0. The molecule has 1 heterocycles. The number of ether oxygens (including phenoxy) is 2. The Hall–Kier alpha value is -1.13. The number of fused-ring (bicyclic) bond motifs is 1. The Kier molecular flexibility index (Phi) is 3.23. The molecule has 0 bridgehead atoms. The molecule has 1 fully saturated rings. The molecule has 19 heavy (non-hydrogen) atoms. The van der Waals surface area contributed by atoms with Gasteiger partial charge in [-0.05, 0) is 31.4 Å². The third-order valence-corrected chi connectivity index (χ3v) is 4.32. The predicted octanol–water partition coefficient (Wildman–Crippen LogP) is 2.97. The zero-order valence-corrected chi connectivity index (χ0v) is 11.1. The van der Waals surface area contributed by atoms with Crippen LogP contribution in [0.1, 0.15) is 43.8 Å². The van der Waals surface area contributed by atoms with Gasteiger partial charge in [0.2, 0.25) is 0 Å². The van der Waals surface area contributed by atoms with E-state index in [1.165, 1.54) is 12.1 Å². The number of aliphatic hydroxyl groups is 1. The summed E-state index contributed by atoms with van der Waals surface area (Å²) in [7, 11) is 1.70. The second-order valence-electron chi connectivity index (χ2n) is 5.64. The van der Waals surface area contributed by atoms with Crippen LogP contribution in [0.15, 0.2) is 18.2 Å². The van der Waals surface area contributed by atoms with E-state index in [-0.39, 0.29) is 11.9 Å². The Labute approximate surface area is 112 Å². The van der Waals surface area contributed by atoms with E-state index in [0.717, 1.165) is 25.7 Å². The van der Waals surface area contributed by atoms with Gasteiger partial charge in [0.25, 0.3) is 0 Å². The van der Waals surface area contributed by atoms with Gasteiger partial charge in [-0.3, -0.25) is 0 Å². The Bertz CT molecular complexity index is 476. The van der Waals surface area contributed by atoms with Crippen molar-refractivity contribution >= 4 is 0 Å². The first-order valence-corrected chi connectivity index (χ1v) is 6.81. The van der Waals surface area contributed by atoms with Gasteiger partial charge in [0.1, 0.15) is 17.2 Å². The molecule has 0 amide bonds. The topological polar surface area (TPSA) is 38.7 Å². The molecule has 1 aromatic rings. The van der Waals surface area contributed by atoms with Crippen molar-refractivity contribution in [3.05, 3.63) is 29.6 Å². The molecule has 4 heteroatoms. The molecular formula is C15H19FO3. The molecule has 3 nitrogen and oxygen atoms in total. The second-order valence-corrected chi connectivity index (χ2v) is 5.64. The maximum atomic E-state index is 13.3. The van der Waals surface area contributed by atoms with Crippen molar-refractivity contribution in [1.82, 2.24) is 0 Å². The van der Waals surface area contributed by atoms with Gasteiger partial charge in [-0.2, -0.15) is 0 Å². The summed E-state index contributed by atoms with van der Waals surface area (Å²) in [5, 5.41) is 10.3. The van der Waals surface area contributed by atoms with Crippen molar-refractivity contribution in [3.63, 3.8) is 0 Å². The third kappa shape index (κ3) is 2.35. The highest BCUT2D eigenvalue weighted by molar-refractivity contribution is 5.38. The Morgan fingerprint density at radius 3 is 3.05 bits per heavy atom. The molecule has 2 unspecified atom stereocenters. The van der Waals surface area contributed by atoms with Gasteiger partial charge < -0.3 is 14.6 Å². The van der Waals surface area contributed by atoms with Crippen LogP contribution in [0.25, 0.3) is 0 Å². The first kappa shape index (κ1) is 12.9. The zero-order chi connectivity index (χ0) is 13.5. The Balaban J connectivity index is 1.90. The van der Waals surface area contributed by atoms with E-state index < -0.39 is 11.7 Å². The first-order valence-electron chi connectivity index (χ1n) is 6.81. The maximum absolute atomic E-state index is 13.3. The molecule has 1 aliphatic heterocycles. The Morgan fingerprint density at radius 1 is 1.42 bits per heavy atom. The normalized spacial score (nSPS) is 33.8. The highest BCUT2D eigenvalue weighted by atomic mass is 19.1. The average molecular weight is 266 g/mol. The molecule has 1 aliphatic carbocycles. The smallest absolute Gasteiger partial charge is 0.128 e. The Morgan fingerprint density at radius 2 is 2.26 bits per heavy atom. The van der Waals surface area contributed by atoms with Crippen LogP contribution in [0, 0.1) is 5.82 Å². The summed E-state index contributed by atoms with van der Waals surface area (Å²) in [6.07, 6.45) is 3.82. The van der Waals surface area contributed by atoms with Gasteiger partial charge >= 0.3 is 0 Å². The molecule has 1 aromatic carbocycles. The molecule has 3 atom stereocenters. The van der Waals surface area contributed by atoms with Gasteiger partial charge in [0, 0.05) is 31.6 Å². The zero-order valence-electron chi connectivity index (χ0n) is 11.1. The molecular weight excluding hydrogens is 247 g/mol. The molecule has 1 saturated carbocycles. The molecule has 1 spiro atoms. The number of hydrogen-bond acceptors (Lipinski definition) is 3. The molecule has 104 valence electrons. The largest absolute Gasteiger partial charge is 0.487 e. The van der Waals surface area contributed by atoms with Gasteiger partial charge in [-0.1, -0.05) is 0 Å². The van der Waals surface area contributed by atoms with E-state index in [9.17, 15) is 9.50 Å². The van der Waals surface area contributed by atoms with Crippen LogP contribution in [0.5, 0.6) is 5.75 Å². The number of benzene rings is 1. The second kappa shape index (κ2) is 4.76. The standard InChI is InChI=1S/C15H19FO3/c1-18-11-3-2-6-15(8-11)9-13(17)12-5-4-10(16)7-14(12)19-15/h4-5,7,11,13,17H,2-3,6,8-9H2,1H3/t11?,13-,15?/m0/s1. The predicted molar refractivity (Wildman–Crippen MR) is 68.6 cm³/mol. The van der Waals surface area contributed by atoms with Crippen LogP contribution in [0.4, 0.5) is 4.39 Å². The number of hydrogen-bond donors (Lipinski definition) is 1. The van der Waals surface area contributed by atoms with Gasteiger partial charge in [-0.25, -0.2) is 4.39 Å². The van der Waals surface area contributed by atoms with Crippen LogP contribution in [-0.4, -0.2) is 23.9 Å². The van der Waals surface area contributed by atoms with Crippen molar-refractivity contribution in [2.24, 2.45) is 0 Å². The SMILES string of the molecule is COC1CCCC2(C1)C[C@H](O)c1ccc(F)cc1O2. The van der Waals surface area contributed by atoms with E-state index in [1.807, 2.05) is 0 Å². The number of rotatable bonds is 1. The maximum Gasteiger partial charge on any atom is 0.128 e. The van der Waals surface area contributed by atoms with Gasteiger partial charge in [-0.15, -0.1) is 0 Å². The average Bonchev–Trinajstić information content (AvgIpc) is 2.38. The van der Waals surface area contributed by atoms with Crippen molar-refractivity contribution in [1.29, 1.82) is 0 Å². The highest BCUT2D eigenvalue weighted by Gasteiger charge is 2.44. The molecule has 0 radical (unpaired) electrons. The summed E-state index contributed by atoms with van der Waals surface area (Å²) in [6, 6.07) is 4.34. The molecule has 3 rings (SSSR count). The molecule has 0 aromatic heterocycles. The fraction of sp³-hybridized carbons (Fsp3) is 0.600. The summed E-state index contributed by atoms with van der Waals surface area (Å²) >= 11 is 0. The lowest BCUT2D eigenvalue weighted by Gasteiger charge is -2.45. The van der Waals surface area contributed by atoms with E-state index >= 15 is 0 Å². The monoisotopic (exact) mass is 266 g/mol. The summed E-state index contributed by atoms with van der Waals surface area (Å²) in [5.41, 5.74) is 0.283. The van der Waals surface area contributed by atoms with E-state index in [4.69, 9.17) is 9.47 Å². The van der Waals surface area contributed by atoms with Crippen LogP contribution >= 0.6 is 0 Å². The van der Waals surface area contributed by atoms with Gasteiger partial charge in [0.15, 0.2) is 0 Å². The minimum atomic E-state index is -0.583. The first-order chi connectivity index (χ1) is 9.12. The van der Waals surface area contributed by atoms with E-state index in [2.05, 4.69) is 0 Å². The molecule has 1 N–H and O–H groups in total.